The summed E-state index contributed by atoms with van der Waals surface area (Å²) in [5.41, 5.74) is 0. The zero-order valence-corrected chi connectivity index (χ0v) is 8.53. The van der Waals surface area contributed by atoms with Gasteiger partial charge in [-0.3, -0.25) is 0 Å². The Morgan fingerprint density at radius 1 is 0.500 bits per heavy atom. The van der Waals surface area contributed by atoms with Gasteiger partial charge in [-0.05, 0) is 0 Å². The first kappa shape index (κ1) is 32.5. The summed E-state index contributed by atoms with van der Waals surface area (Å²) in [6.45, 7) is 0. The van der Waals surface area contributed by atoms with E-state index >= 15 is 0 Å². The molecular weight excluding hydrogens is 223 g/mol. The molecule has 0 aromatic carbocycles. The maximum absolute atomic E-state index is 0. The molecule has 0 N–H and O–H groups in total. The fourth-order valence-corrected chi connectivity index (χ4v) is 0. The van der Waals surface area contributed by atoms with Crippen LogP contribution in [0.25, 0.3) is 0 Å². The molecule has 0 unspecified atom stereocenters. The van der Waals surface area contributed by atoms with Gasteiger partial charge in [0.2, 0.25) is 0 Å². The fraction of sp³-hybridized carbons (Fsp3) is 0. The second-order valence-corrected chi connectivity index (χ2v) is 0. The van der Waals surface area contributed by atoms with Crippen molar-refractivity contribution in [1.29, 1.82) is 0 Å². The van der Waals surface area contributed by atoms with Crippen LogP contribution in [0.5, 0.6) is 0 Å². The standard InChI is InChI=1S/Ga.3V. The zero-order chi connectivity index (χ0) is 0. The van der Waals surface area contributed by atoms with E-state index < -0.39 is 0 Å². The molecule has 0 aromatic heterocycles. The number of hydrogen-bond donors (Lipinski definition) is 0. The Hall–Kier alpha value is 2.39. The van der Waals surface area contributed by atoms with Gasteiger partial charge in [-0.2, -0.15) is 0 Å². The fourth-order valence-electron chi connectivity index (χ4n) is 0. The topological polar surface area (TPSA) is 0 Å². The molecule has 0 aromatic rings. The van der Waals surface area contributed by atoms with Crippen LogP contribution in [0, 0.1) is 0 Å². The predicted molar refractivity (Wildman–Crippen MR) is 5.75 cm³/mol. The Balaban J connectivity index is 0. The van der Waals surface area contributed by atoms with Crippen molar-refractivity contribution in [2.45, 2.75) is 0 Å². The van der Waals surface area contributed by atoms with Crippen LogP contribution < -0.4 is 0 Å². The Kier molecular flexibility index (Phi) is 148. The van der Waals surface area contributed by atoms with E-state index in [1.807, 2.05) is 0 Å². The largest absolute Gasteiger partial charge is 0 e. The molecule has 0 fully saturated rings. The summed E-state index contributed by atoms with van der Waals surface area (Å²) in [7, 11) is 0. The predicted octanol–water partition coefficient (Wildman–Crippen LogP) is -0.388. The summed E-state index contributed by atoms with van der Waals surface area (Å²) in [5, 5.41) is 0. The van der Waals surface area contributed by atoms with Gasteiger partial charge in [0.05, 0.1) is 0 Å². The van der Waals surface area contributed by atoms with Gasteiger partial charge in [0.1, 0.15) is 0 Å². The third-order valence-electron chi connectivity index (χ3n) is 0. The quantitative estimate of drug-likeness (QED) is 0.490. The number of rotatable bonds is 0. The van der Waals surface area contributed by atoms with E-state index in [2.05, 4.69) is 0 Å². The van der Waals surface area contributed by atoms with Crippen LogP contribution in [0.15, 0.2) is 0 Å². The van der Waals surface area contributed by atoms with Crippen LogP contribution in [0.1, 0.15) is 0 Å². The second kappa shape index (κ2) is 18.2. The monoisotopic (exact) mass is 222 g/mol. The molecule has 0 atom stereocenters. The molecule has 0 spiro atoms. The Morgan fingerprint density at radius 3 is 0.500 bits per heavy atom. The molecule has 0 heterocycles. The van der Waals surface area contributed by atoms with Crippen LogP contribution >= 0.6 is 0 Å². The Bertz CT molecular complexity index is 3.25. The normalized spacial score (nSPS) is 0. The first-order chi connectivity index (χ1) is 0. The molecule has 4 heavy (non-hydrogen) atoms. The van der Waals surface area contributed by atoms with Crippen LogP contribution in [-0.2, 0) is 55.7 Å². The number of hydrogen-bond acceptors (Lipinski definition) is 0. The van der Waals surface area contributed by atoms with Gasteiger partial charge in [0, 0.05) is 75.5 Å². The van der Waals surface area contributed by atoms with Gasteiger partial charge in [-0.1, -0.05) is 0 Å². The van der Waals surface area contributed by atoms with Gasteiger partial charge in [-0.25, -0.2) is 0 Å². The van der Waals surface area contributed by atoms with Gasteiger partial charge in [-0.15, -0.1) is 0 Å². The zero-order valence-electron chi connectivity index (χ0n) is 1.92. The third-order valence-corrected chi connectivity index (χ3v) is 0. The molecule has 6 radical (unpaired) electrons. The van der Waals surface area contributed by atoms with Crippen LogP contribution in [0.3, 0.4) is 0 Å². The maximum Gasteiger partial charge on any atom is 0 e. The molecular formula is GaV3. The molecule has 4 heteroatoms. The Morgan fingerprint density at radius 2 is 0.500 bits per heavy atom. The minimum atomic E-state index is 0. The van der Waals surface area contributed by atoms with Crippen molar-refractivity contribution < 1.29 is 55.7 Å². The summed E-state index contributed by atoms with van der Waals surface area (Å²) in [6.07, 6.45) is 0. The van der Waals surface area contributed by atoms with Gasteiger partial charge in [0.25, 0.3) is 0 Å². The maximum atomic E-state index is 0. The molecule has 0 aliphatic carbocycles. The molecule has 0 amide bonds. The van der Waals surface area contributed by atoms with E-state index in [1.54, 1.807) is 0 Å². The van der Waals surface area contributed by atoms with Crippen LogP contribution in [-0.4, -0.2) is 19.8 Å². The van der Waals surface area contributed by atoms with Crippen LogP contribution in [0.2, 0.25) is 0 Å². The van der Waals surface area contributed by atoms with Crippen molar-refractivity contribution in [3.8, 4) is 0 Å². The second-order valence-electron chi connectivity index (χ2n) is 0. The van der Waals surface area contributed by atoms with E-state index in [-0.39, 0.29) is 75.5 Å². The molecule has 0 bridgehead atoms. The summed E-state index contributed by atoms with van der Waals surface area (Å²) < 4.78 is 0. The van der Waals surface area contributed by atoms with Crippen molar-refractivity contribution in [2.75, 3.05) is 0 Å². The minimum absolute atomic E-state index is 0. The van der Waals surface area contributed by atoms with E-state index in [4.69, 9.17) is 0 Å². The van der Waals surface area contributed by atoms with Crippen molar-refractivity contribution in [3.63, 3.8) is 0 Å². The smallest absolute Gasteiger partial charge is 0 e. The van der Waals surface area contributed by atoms with E-state index in [9.17, 15) is 0 Å². The van der Waals surface area contributed by atoms with Gasteiger partial charge >= 0.3 is 0 Å². The molecule has 0 aliphatic heterocycles. The van der Waals surface area contributed by atoms with E-state index in [0.29, 0.717) is 0 Å². The summed E-state index contributed by atoms with van der Waals surface area (Å²) in [4.78, 5) is 0. The Labute approximate surface area is 74.6 Å². The first-order valence-electron chi connectivity index (χ1n) is 0. The third kappa shape index (κ3) is 8.83. The molecule has 0 aliphatic rings. The average molecular weight is 223 g/mol. The molecule has 18 valence electrons. The van der Waals surface area contributed by atoms with Crippen molar-refractivity contribution in [3.05, 3.63) is 0 Å². The van der Waals surface area contributed by atoms with Crippen molar-refractivity contribution in [2.24, 2.45) is 0 Å². The molecule has 0 saturated carbocycles. The molecule has 0 rings (SSSR count). The SMILES string of the molecule is [Ga].[V].[V].[V]. The summed E-state index contributed by atoms with van der Waals surface area (Å²) in [5.74, 6) is 0. The molecule has 0 saturated heterocycles. The summed E-state index contributed by atoms with van der Waals surface area (Å²) in [6, 6.07) is 0. The van der Waals surface area contributed by atoms with Gasteiger partial charge < -0.3 is 0 Å². The summed E-state index contributed by atoms with van der Waals surface area (Å²) >= 11 is 0. The van der Waals surface area contributed by atoms with Gasteiger partial charge in [0.15, 0.2) is 0 Å². The van der Waals surface area contributed by atoms with E-state index in [1.165, 1.54) is 0 Å². The minimum Gasteiger partial charge on any atom is 0 e. The van der Waals surface area contributed by atoms with Crippen LogP contribution in [0.4, 0.5) is 0 Å². The molecule has 0 nitrogen and oxygen atoms in total. The first-order valence-corrected chi connectivity index (χ1v) is 0. The van der Waals surface area contributed by atoms with Crippen molar-refractivity contribution in [1.82, 2.24) is 0 Å². The average Bonchev–Trinajstić information content (AvgIpc) is 0. The van der Waals surface area contributed by atoms with Crippen molar-refractivity contribution >= 4 is 19.8 Å². The van der Waals surface area contributed by atoms with E-state index in [0.717, 1.165) is 0 Å².